The second-order valence-corrected chi connectivity index (χ2v) is 23.2. The summed E-state index contributed by atoms with van der Waals surface area (Å²) in [7, 11) is 0. The summed E-state index contributed by atoms with van der Waals surface area (Å²) >= 11 is 25.2. The van der Waals surface area contributed by atoms with Crippen LogP contribution in [-0.4, -0.2) is 136 Å². The van der Waals surface area contributed by atoms with Crippen molar-refractivity contribution in [3.8, 4) is 6.07 Å². The molecule has 4 aromatic heterocycles. The smallest absolute Gasteiger partial charge is 0.303 e. The molecule has 21 heteroatoms. The Hall–Kier alpha value is -5.35. The van der Waals surface area contributed by atoms with Crippen LogP contribution in [0, 0.1) is 41.9 Å². The van der Waals surface area contributed by atoms with Gasteiger partial charge in [0.05, 0.1) is 30.2 Å². The predicted octanol–water partition coefficient (Wildman–Crippen LogP) is 11.9. The van der Waals surface area contributed by atoms with Gasteiger partial charge in [0, 0.05) is 84.3 Å². The van der Waals surface area contributed by atoms with Crippen LogP contribution >= 0.6 is 46.4 Å². The molecule has 10 rings (SSSR count). The number of halogens is 4. The van der Waals surface area contributed by atoms with Crippen LogP contribution in [0.5, 0.6) is 0 Å². The normalized spacial score (nSPS) is 22.9. The molecule has 8 heterocycles. The predicted molar refractivity (Wildman–Crippen MR) is 309 cm³/mol. The second-order valence-electron chi connectivity index (χ2n) is 21.5. The third-order valence-corrected chi connectivity index (χ3v) is 17.4. The molecule has 418 valence electrons. The number of hydrogen-bond donors (Lipinski definition) is 2. The van der Waals surface area contributed by atoms with Crippen molar-refractivity contribution in [2.24, 2.45) is 23.7 Å². The van der Waals surface area contributed by atoms with Gasteiger partial charge in [0.2, 0.25) is 0 Å². The molecule has 0 aliphatic carbocycles. The third kappa shape index (κ3) is 13.4. The highest BCUT2D eigenvalue weighted by atomic mass is 35.5. The van der Waals surface area contributed by atoms with Crippen molar-refractivity contribution in [1.82, 2.24) is 49.3 Å². The van der Waals surface area contributed by atoms with E-state index in [0.717, 1.165) is 137 Å². The van der Waals surface area contributed by atoms with Crippen LogP contribution in [0.1, 0.15) is 134 Å². The van der Waals surface area contributed by atoms with Crippen molar-refractivity contribution in [3.05, 3.63) is 91.4 Å². The number of likely N-dealkylation sites (tertiary alicyclic amines) is 2. The highest BCUT2D eigenvalue weighted by Gasteiger charge is 2.36. The second kappa shape index (κ2) is 26.3. The Morgan fingerprint density at radius 1 is 0.679 bits per heavy atom. The molecular formula is C57H73Cl4N13O4. The fourth-order valence-electron chi connectivity index (χ4n) is 12.3. The van der Waals surface area contributed by atoms with Gasteiger partial charge in [-0.2, -0.15) is 15.5 Å². The van der Waals surface area contributed by atoms with E-state index in [9.17, 15) is 20.0 Å². The van der Waals surface area contributed by atoms with Gasteiger partial charge >= 0.3 is 11.9 Å². The first-order valence-electron chi connectivity index (χ1n) is 27.6. The zero-order valence-corrected chi connectivity index (χ0v) is 48.8. The largest absolute Gasteiger partial charge is 0.481 e. The number of aromatic nitrogens is 8. The van der Waals surface area contributed by atoms with Crippen molar-refractivity contribution < 1.29 is 19.8 Å². The number of aliphatic carboxylic acids is 2. The molecule has 4 aliphatic rings. The molecule has 0 spiro atoms. The number of piperidine rings is 4. The first-order valence-corrected chi connectivity index (χ1v) is 29.2. The summed E-state index contributed by atoms with van der Waals surface area (Å²) in [5.74, 6) is 1.79. The van der Waals surface area contributed by atoms with Gasteiger partial charge in [0.1, 0.15) is 28.7 Å². The molecule has 0 radical (unpaired) electrons. The number of carboxylic acid groups (broad SMARTS) is 2. The van der Waals surface area contributed by atoms with Crippen molar-refractivity contribution >= 4 is 92.3 Å². The fourth-order valence-corrected chi connectivity index (χ4v) is 13.5. The number of fused-ring (bicyclic) bond motifs is 2. The van der Waals surface area contributed by atoms with Crippen LogP contribution in [0.25, 0.3) is 22.3 Å². The van der Waals surface area contributed by atoms with E-state index in [1.165, 1.54) is 0 Å². The first-order chi connectivity index (χ1) is 37.5. The molecular weight excluding hydrogens is 1070 g/mol. The molecule has 2 aromatic carbocycles. The molecule has 0 amide bonds. The molecule has 78 heavy (non-hydrogen) atoms. The van der Waals surface area contributed by atoms with E-state index in [-0.39, 0.29) is 36.5 Å². The quantitative estimate of drug-likeness (QED) is 0.111. The van der Waals surface area contributed by atoms with Crippen LogP contribution in [0.15, 0.2) is 48.8 Å². The lowest BCUT2D eigenvalue weighted by Crippen LogP contribution is -2.53. The lowest BCUT2D eigenvalue weighted by Gasteiger charge is -2.46. The molecule has 4 fully saturated rings. The van der Waals surface area contributed by atoms with Gasteiger partial charge in [-0.25, -0.2) is 29.3 Å². The topological polar surface area (TPSA) is 199 Å². The number of carboxylic acids is 2. The summed E-state index contributed by atoms with van der Waals surface area (Å²) in [6, 6.07) is 13.5. The minimum atomic E-state index is -0.708. The SMILES string of the molecule is CC.CC1CN(c2cnc3c(C#N)nn(C(C)c4ccc(Cl)cc4Cl)c3n2)CCC1N1CCCC(CC(=O)O)C1.Cc1nn(C(C)c2ccc(Cl)cc2Cl)c2nc(N3CCC(N4CCCC(CCC(=O)O)C4)C(C)C3)cnc12. The summed E-state index contributed by atoms with van der Waals surface area (Å²) in [5, 5.41) is 39.6. The molecule has 0 bridgehead atoms. The zero-order valence-electron chi connectivity index (χ0n) is 45.8. The van der Waals surface area contributed by atoms with Gasteiger partial charge < -0.3 is 20.0 Å². The maximum atomic E-state index is 11.2. The number of hydrogen-bond acceptors (Lipinski definition) is 13. The van der Waals surface area contributed by atoms with E-state index in [0.29, 0.717) is 61.1 Å². The number of nitriles is 1. The Balaban J connectivity index is 0.000000200. The summed E-state index contributed by atoms with van der Waals surface area (Å²) in [6.45, 7) is 22.0. The molecule has 17 nitrogen and oxygen atoms in total. The molecule has 8 unspecified atom stereocenters. The minimum Gasteiger partial charge on any atom is -0.481 e. The summed E-state index contributed by atoms with van der Waals surface area (Å²) in [4.78, 5) is 51.3. The van der Waals surface area contributed by atoms with Crippen molar-refractivity contribution in [3.63, 3.8) is 0 Å². The van der Waals surface area contributed by atoms with Crippen LogP contribution in [0.2, 0.25) is 20.1 Å². The van der Waals surface area contributed by atoms with Crippen molar-refractivity contribution in [2.45, 2.75) is 130 Å². The highest BCUT2D eigenvalue weighted by Crippen LogP contribution is 2.36. The van der Waals surface area contributed by atoms with E-state index in [1.54, 1.807) is 29.1 Å². The van der Waals surface area contributed by atoms with Gasteiger partial charge in [0.15, 0.2) is 17.0 Å². The van der Waals surface area contributed by atoms with E-state index in [1.807, 2.05) is 56.8 Å². The molecule has 2 N–H and O–H groups in total. The van der Waals surface area contributed by atoms with E-state index in [4.69, 9.17) is 71.6 Å². The van der Waals surface area contributed by atoms with Crippen LogP contribution < -0.4 is 9.80 Å². The van der Waals surface area contributed by atoms with E-state index in [2.05, 4.69) is 56.5 Å². The Labute approximate surface area is 477 Å². The summed E-state index contributed by atoms with van der Waals surface area (Å²) in [5.41, 5.74) is 5.39. The molecule has 0 saturated carbocycles. The van der Waals surface area contributed by atoms with E-state index >= 15 is 0 Å². The summed E-state index contributed by atoms with van der Waals surface area (Å²) in [6.07, 6.45) is 11.3. The number of benzene rings is 2. The zero-order chi connectivity index (χ0) is 55.9. The Bertz CT molecular complexity index is 3110. The summed E-state index contributed by atoms with van der Waals surface area (Å²) < 4.78 is 3.63. The van der Waals surface area contributed by atoms with Gasteiger partial charge in [0.25, 0.3) is 0 Å². The van der Waals surface area contributed by atoms with Crippen molar-refractivity contribution in [1.29, 1.82) is 5.26 Å². The molecule has 4 saturated heterocycles. The molecule has 6 aromatic rings. The van der Waals surface area contributed by atoms with Gasteiger partial charge in [-0.1, -0.05) is 86.2 Å². The average molecular weight is 1150 g/mol. The Kier molecular flexibility index (Phi) is 19.8. The number of anilines is 2. The first kappa shape index (κ1) is 58.8. The maximum absolute atomic E-state index is 11.2. The fraction of sp³-hybridized carbons (Fsp3) is 0.561. The Morgan fingerprint density at radius 2 is 1.17 bits per heavy atom. The van der Waals surface area contributed by atoms with Gasteiger partial charge in [-0.05, 0) is 138 Å². The number of carbonyl (C=O) groups is 2. The van der Waals surface area contributed by atoms with E-state index < -0.39 is 11.9 Å². The lowest BCUT2D eigenvalue weighted by atomic mass is 9.87. The van der Waals surface area contributed by atoms with Crippen molar-refractivity contribution in [2.75, 3.05) is 62.2 Å². The van der Waals surface area contributed by atoms with Gasteiger partial charge in [-0.15, -0.1) is 0 Å². The number of aryl methyl sites for hydroxylation is 1. The maximum Gasteiger partial charge on any atom is 0.303 e. The Morgan fingerprint density at radius 3 is 1.65 bits per heavy atom. The van der Waals surface area contributed by atoms with Crippen LogP contribution in [-0.2, 0) is 9.59 Å². The van der Waals surface area contributed by atoms with Crippen LogP contribution in [0.3, 0.4) is 0 Å². The minimum absolute atomic E-state index is 0.127. The standard InChI is InChI=1S/C28H36Cl2N6O2.C27H31Cl2N7O2.C2H6/c1-17-15-35(12-10-24(17)34-11-4-5-20(16-34)6-9-26(37)38)25-14-31-27-18(2)33-36(28(27)32-25)19(3)22-8-7-21(29)13-23(22)30;1-16-14-35(9-7-23(16)34-8-3-4-18(15-34)10-25(37)38)24-13-31-26-22(12-30)33-36(27(26)32-24)17(2)20-6-5-19(28)11-21(20)29;1-2/h7-8,13-14,17,19-20,24H,4-6,9-12,15-16H2,1-3H3,(H,37,38);5-6,11,13,16-18,23H,3-4,7-10,14-15H2,1-2H3,(H,37,38);1-2H3. The lowest BCUT2D eigenvalue weighted by molar-refractivity contribution is -0.139. The average Bonchev–Trinajstić information content (AvgIpc) is 4.01. The number of nitrogens with zero attached hydrogens (tertiary/aromatic N) is 13. The molecule has 8 atom stereocenters. The molecule has 4 aliphatic heterocycles. The monoisotopic (exact) mass is 1140 g/mol. The number of rotatable bonds is 13. The van der Waals surface area contributed by atoms with Crippen LogP contribution in [0.4, 0.5) is 11.6 Å². The van der Waals surface area contributed by atoms with Gasteiger partial charge in [-0.3, -0.25) is 19.4 Å². The highest BCUT2D eigenvalue weighted by molar-refractivity contribution is 6.35. The third-order valence-electron chi connectivity index (χ3n) is 16.3.